The molecule has 1 aromatic rings. The number of carboxylic acids is 1. The van der Waals surface area contributed by atoms with Gasteiger partial charge in [0.1, 0.15) is 14.8 Å². The van der Waals surface area contributed by atoms with Gasteiger partial charge in [-0.15, -0.1) is 11.3 Å². The Bertz CT molecular complexity index is 575. The van der Waals surface area contributed by atoms with Gasteiger partial charge in [-0.05, 0) is 18.4 Å². The van der Waals surface area contributed by atoms with Crippen molar-refractivity contribution in [1.82, 2.24) is 4.72 Å². The second-order valence-electron chi connectivity index (χ2n) is 3.95. The van der Waals surface area contributed by atoms with Crippen LogP contribution in [0.4, 0.5) is 8.78 Å². The number of nitrogens with one attached hydrogen (secondary N) is 1. The summed E-state index contributed by atoms with van der Waals surface area (Å²) in [4.78, 5) is 10.2. The van der Waals surface area contributed by atoms with Crippen LogP contribution >= 0.6 is 22.9 Å². The highest BCUT2D eigenvalue weighted by Gasteiger charge is 2.41. The normalized spacial score (nSPS) is 15.4. The molecule has 2 N–H and O–H groups in total. The summed E-state index contributed by atoms with van der Waals surface area (Å²) in [5.41, 5.74) is -2.41. The minimum Gasteiger partial charge on any atom is -0.481 e. The molecule has 19 heavy (non-hydrogen) atoms. The minimum atomic E-state index is -4.31. The van der Waals surface area contributed by atoms with Crippen LogP contribution in [0.25, 0.3) is 0 Å². The van der Waals surface area contributed by atoms with Crippen LogP contribution in [-0.2, 0) is 14.8 Å². The fourth-order valence-electron chi connectivity index (χ4n) is 1.31. The molecule has 0 amide bonds. The van der Waals surface area contributed by atoms with Crippen LogP contribution in [0, 0.1) is 0 Å². The third-order valence-electron chi connectivity index (χ3n) is 2.24. The molecule has 0 aromatic carbocycles. The number of hydrogen-bond acceptors (Lipinski definition) is 4. The van der Waals surface area contributed by atoms with Gasteiger partial charge in [0.2, 0.25) is 10.0 Å². The van der Waals surface area contributed by atoms with Crippen molar-refractivity contribution in [3.63, 3.8) is 0 Å². The van der Waals surface area contributed by atoms with E-state index in [1.807, 2.05) is 0 Å². The number of rotatable bonds is 6. The van der Waals surface area contributed by atoms with E-state index in [0.717, 1.165) is 24.3 Å². The quantitative estimate of drug-likeness (QED) is 0.835. The Labute approximate surface area is 117 Å². The number of hydrogen-bond donors (Lipinski definition) is 2. The van der Waals surface area contributed by atoms with Gasteiger partial charge >= 0.3 is 5.97 Å². The van der Waals surface area contributed by atoms with Crippen LogP contribution in [0.3, 0.4) is 0 Å². The lowest BCUT2D eigenvalue weighted by Gasteiger charge is -2.27. The molecule has 0 bridgehead atoms. The highest BCUT2D eigenvalue weighted by atomic mass is 35.5. The van der Waals surface area contributed by atoms with Gasteiger partial charge in [0.25, 0.3) is 6.43 Å². The number of aliphatic carboxylic acids is 1. The summed E-state index contributed by atoms with van der Waals surface area (Å²) < 4.78 is 51.2. The monoisotopic (exact) mass is 333 g/mol. The molecule has 0 saturated heterocycles. The minimum absolute atomic E-state index is 0.0839. The van der Waals surface area contributed by atoms with Crippen molar-refractivity contribution in [2.45, 2.75) is 30.2 Å². The second kappa shape index (κ2) is 5.70. The molecule has 0 spiro atoms. The van der Waals surface area contributed by atoms with Gasteiger partial charge < -0.3 is 5.11 Å². The fraction of sp³-hybridized carbons (Fsp3) is 0.444. The Balaban J connectivity index is 3.10. The van der Waals surface area contributed by atoms with Gasteiger partial charge in [-0.3, -0.25) is 4.79 Å². The molecule has 1 aromatic heterocycles. The zero-order chi connectivity index (χ0) is 14.8. The molecule has 0 fully saturated rings. The van der Waals surface area contributed by atoms with Crippen LogP contribution < -0.4 is 4.72 Å². The first-order valence-corrected chi connectivity index (χ1v) is 7.59. The Morgan fingerprint density at radius 3 is 2.58 bits per heavy atom. The lowest BCUT2D eigenvalue weighted by molar-refractivity contribution is -0.140. The summed E-state index contributed by atoms with van der Waals surface area (Å²) >= 11 is 6.56. The second-order valence-corrected chi connectivity index (χ2v) is 7.12. The third kappa shape index (κ3) is 3.85. The first kappa shape index (κ1) is 16.3. The van der Waals surface area contributed by atoms with Crippen LogP contribution in [0.2, 0.25) is 4.34 Å². The lowest BCUT2D eigenvalue weighted by Crippen LogP contribution is -2.52. The molecule has 0 saturated carbocycles. The maximum absolute atomic E-state index is 12.9. The van der Waals surface area contributed by atoms with E-state index in [1.54, 1.807) is 4.72 Å². The highest BCUT2D eigenvalue weighted by molar-refractivity contribution is 7.89. The molecule has 1 rings (SSSR count). The molecule has 1 atom stereocenters. The van der Waals surface area contributed by atoms with Crippen molar-refractivity contribution in [3.05, 3.63) is 15.8 Å². The molecule has 0 aliphatic carbocycles. The highest BCUT2D eigenvalue weighted by Crippen LogP contribution is 2.29. The lowest BCUT2D eigenvalue weighted by atomic mass is 10.0. The topological polar surface area (TPSA) is 83.5 Å². The van der Waals surface area contributed by atoms with Crippen molar-refractivity contribution >= 4 is 38.9 Å². The molecule has 0 radical (unpaired) electrons. The van der Waals surface area contributed by atoms with Crippen molar-refractivity contribution in [2.75, 3.05) is 0 Å². The summed E-state index contributed by atoms with van der Waals surface area (Å²) in [6, 6.07) is 1.15. The molecule has 0 aliphatic heterocycles. The molecule has 1 heterocycles. The standard InChI is InChI=1S/C9H10ClF2NO4S2/c1-9(8(11)12,4-6(14)15)13-19(16,17)5-2-3-18-7(5)10/h2-3,8,13H,4H2,1H3,(H,14,15). The van der Waals surface area contributed by atoms with Crippen LogP contribution in [-0.4, -0.2) is 31.5 Å². The number of halogens is 3. The molecule has 5 nitrogen and oxygen atoms in total. The molecule has 10 heteroatoms. The molecular weight excluding hydrogens is 324 g/mol. The first-order chi connectivity index (χ1) is 8.58. The smallest absolute Gasteiger partial charge is 0.305 e. The SMILES string of the molecule is CC(CC(=O)O)(NS(=O)(=O)c1ccsc1Cl)C(F)F. The van der Waals surface area contributed by atoms with Crippen molar-refractivity contribution in [3.8, 4) is 0 Å². The summed E-state index contributed by atoms with van der Waals surface area (Å²) in [5, 5.41) is 9.97. The van der Waals surface area contributed by atoms with Crippen molar-refractivity contribution < 1.29 is 27.1 Å². The van der Waals surface area contributed by atoms with Gasteiger partial charge in [-0.2, -0.15) is 4.72 Å². The van der Waals surface area contributed by atoms with E-state index in [1.165, 1.54) is 5.38 Å². The van der Waals surface area contributed by atoms with Gasteiger partial charge in [0.05, 0.1) is 6.42 Å². The van der Waals surface area contributed by atoms with Crippen molar-refractivity contribution in [1.29, 1.82) is 0 Å². The van der Waals surface area contributed by atoms with E-state index in [-0.39, 0.29) is 9.23 Å². The number of carboxylic acid groups (broad SMARTS) is 1. The number of thiophene rings is 1. The Kier molecular flexibility index (Phi) is 4.88. The van der Waals surface area contributed by atoms with E-state index in [0.29, 0.717) is 0 Å². The van der Waals surface area contributed by atoms with Crippen molar-refractivity contribution in [2.24, 2.45) is 0 Å². The number of carbonyl (C=O) groups is 1. The van der Waals surface area contributed by atoms with E-state index in [9.17, 15) is 22.0 Å². The van der Waals surface area contributed by atoms with Gasteiger partial charge in [0.15, 0.2) is 0 Å². The first-order valence-electron chi connectivity index (χ1n) is 4.85. The fourth-order valence-corrected chi connectivity index (χ4v) is 4.24. The summed E-state index contributed by atoms with van der Waals surface area (Å²) in [6.45, 7) is 0.823. The number of sulfonamides is 1. The Morgan fingerprint density at radius 1 is 1.63 bits per heavy atom. The summed E-state index contributed by atoms with van der Waals surface area (Å²) in [6.07, 6.45) is -4.23. The van der Waals surface area contributed by atoms with E-state index in [4.69, 9.17) is 16.7 Å². The van der Waals surface area contributed by atoms with Gasteiger partial charge in [-0.1, -0.05) is 11.6 Å². The molecule has 1 unspecified atom stereocenters. The van der Waals surface area contributed by atoms with Gasteiger partial charge in [0, 0.05) is 0 Å². The Hall–Kier alpha value is -0.770. The summed E-state index contributed by atoms with van der Waals surface area (Å²) in [7, 11) is -4.31. The van der Waals surface area contributed by atoms with E-state index in [2.05, 4.69) is 0 Å². The van der Waals surface area contributed by atoms with Crippen LogP contribution in [0.5, 0.6) is 0 Å². The van der Waals surface area contributed by atoms with Crippen LogP contribution in [0.15, 0.2) is 16.3 Å². The average Bonchev–Trinajstić information content (AvgIpc) is 2.62. The van der Waals surface area contributed by atoms with E-state index < -0.39 is 34.4 Å². The maximum atomic E-state index is 12.9. The average molecular weight is 334 g/mol. The van der Waals surface area contributed by atoms with Crippen LogP contribution in [0.1, 0.15) is 13.3 Å². The molecule has 0 aliphatic rings. The zero-order valence-electron chi connectivity index (χ0n) is 9.56. The predicted octanol–water partition coefficient (Wildman–Crippen LogP) is 2.18. The van der Waals surface area contributed by atoms with Gasteiger partial charge in [-0.25, -0.2) is 17.2 Å². The molecular formula is C9H10ClF2NO4S2. The summed E-state index contributed by atoms with van der Waals surface area (Å²) in [5.74, 6) is -1.54. The Morgan fingerprint density at radius 2 is 2.21 bits per heavy atom. The largest absolute Gasteiger partial charge is 0.481 e. The number of alkyl halides is 2. The van der Waals surface area contributed by atoms with E-state index >= 15 is 0 Å². The third-order valence-corrected chi connectivity index (χ3v) is 5.31. The predicted molar refractivity (Wildman–Crippen MR) is 66.3 cm³/mol. The zero-order valence-corrected chi connectivity index (χ0v) is 12.0. The molecule has 108 valence electrons. The maximum Gasteiger partial charge on any atom is 0.305 e.